The maximum Gasteiger partial charge on any atom is 0.407 e. The molecule has 10 nitrogen and oxygen atoms in total. The van der Waals surface area contributed by atoms with Crippen molar-refractivity contribution < 1.29 is 28.5 Å². The second kappa shape index (κ2) is 17.2. The lowest BCUT2D eigenvalue weighted by Crippen LogP contribution is -2.64. The van der Waals surface area contributed by atoms with Gasteiger partial charge in [-0.1, -0.05) is 91.0 Å². The molecular formula is C40H54N4O6. The molecule has 0 aliphatic carbocycles. The largest absolute Gasteiger partial charge is 0.444 e. The van der Waals surface area contributed by atoms with Crippen LogP contribution in [0, 0.1) is 5.41 Å². The summed E-state index contributed by atoms with van der Waals surface area (Å²) in [7, 11) is 0. The molecule has 4 aliphatic heterocycles. The molecule has 0 radical (unpaired) electrons. The molecule has 7 rings (SSSR count). The van der Waals surface area contributed by atoms with Crippen molar-refractivity contribution in [1.29, 1.82) is 0 Å². The van der Waals surface area contributed by atoms with E-state index in [4.69, 9.17) is 23.7 Å². The number of nitrogens with one attached hydrogen (secondary N) is 1. The van der Waals surface area contributed by atoms with Crippen LogP contribution >= 0.6 is 0 Å². The van der Waals surface area contributed by atoms with E-state index < -0.39 is 11.7 Å². The first-order valence-corrected chi connectivity index (χ1v) is 18.0. The summed E-state index contributed by atoms with van der Waals surface area (Å²) in [6.45, 7) is 13.8. The summed E-state index contributed by atoms with van der Waals surface area (Å²) in [4.78, 5) is 19.8. The number of benzene rings is 3. The van der Waals surface area contributed by atoms with Gasteiger partial charge in [0.25, 0.3) is 0 Å². The number of hydrogen-bond acceptors (Lipinski definition) is 9. The van der Waals surface area contributed by atoms with E-state index in [2.05, 4.69) is 111 Å². The Balaban J connectivity index is 0.992. The average Bonchev–Trinajstić information content (AvgIpc) is 3.26. The van der Waals surface area contributed by atoms with Crippen molar-refractivity contribution >= 4 is 6.09 Å². The maximum atomic E-state index is 11.7. The van der Waals surface area contributed by atoms with Gasteiger partial charge in [-0.15, -0.1) is 0 Å². The van der Waals surface area contributed by atoms with Crippen LogP contribution in [-0.4, -0.2) is 112 Å². The number of alkyl carbamates (subject to hydrolysis) is 1. The molecule has 1 N–H and O–H groups in total. The van der Waals surface area contributed by atoms with Gasteiger partial charge in [-0.05, 0) is 37.5 Å². The van der Waals surface area contributed by atoms with Crippen LogP contribution in [0.1, 0.15) is 55.7 Å². The van der Waals surface area contributed by atoms with Crippen molar-refractivity contribution in [2.24, 2.45) is 5.41 Å². The molecule has 4 heterocycles. The van der Waals surface area contributed by atoms with E-state index in [0.717, 1.165) is 26.3 Å². The summed E-state index contributed by atoms with van der Waals surface area (Å²) >= 11 is 0. The fourth-order valence-corrected chi connectivity index (χ4v) is 7.73. The van der Waals surface area contributed by atoms with Crippen LogP contribution in [0.5, 0.6) is 0 Å². The fraction of sp³-hybridized carbons (Fsp3) is 0.525. The molecule has 4 aliphatic rings. The number of rotatable bonds is 17. The lowest BCUT2D eigenvalue weighted by Gasteiger charge is -2.55. The lowest BCUT2D eigenvalue weighted by atomic mass is 9.82. The smallest absolute Gasteiger partial charge is 0.407 e. The number of fused-ring (bicyclic) bond motifs is 1. The van der Waals surface area contributed by atoms with E-state index in [1.165, 1.54) is 16.7 Å². The number of carbonyl (C=O) groups is 1. The van der Waals surface area contributed by atoms with Gasteiger partial charge in [0.2, 0.25) is 0 Å². The Kier molecular flexibility index (Phi) is 12.6. The predicted octanol–water partition coefficient (Wildman–Crippen LogP) is 5.65. The summed E-state index contributed by atoms with van der Waals surface area (Å²) < 4.78 is 28.6. The third-order valence-electron chi connectivity index (χ3n) is 9.49. The van der Waals surface area contributed by atoms with Gasteiger partial charge in [-0.25, -0.2) is 4.79 Å². The van der Waals surface area contributed by atoms with Crippen molar-refractivity contribution in [2.75, 3.05) is 85.7 Å². The van der Waals surface area contributed by atoms with Gasteiger partial charge in [0.1, 0.15) is 5.60 Å². The van der Waals surface area contributed by atoms with Crippen molar-refractivity contribution in [3.05, 3.63) is 108 Å². The average molecular weight is 687 g/mol. The first kappa shape index (κ1) is 36.4. The Labute approximate surface area is 297 Å². The van der Waals surface area contributed by atoms with Crippen molar-refractivity contribution in [2.45, 2.75) is 44.6 Å². The molecule has 10 heteroatoms. The summed E-state index contributed by atoms with van der Waals surface area (Å²) in [6, 6.07) is 33.5. The third kappa shape index (κ3) is 9.50. The SMILES string of the molecule is CC(C)(C)OC(=O)NCCOCCOCCOCCOCC12CN3CN(C1)C(c1ccccc1)N(C2)C(c1ccccc1)C3c1ccccc1. The molecule has 4 saturated heterocycles. The summed E-state index contributed by atoms with van der Waals surface area (Å²) in [6.07, 6.45) is -0.251. The van der Waals surface area contributed by atoms with Gasteiger partial charge in [0, 0.05) is 31.6 Å². The minimum absolute atomic E-state index is 0.0222. The molecule has 3 aromatic rings. The molecule has 0 spiro atoms. The minimum Gasteiger partial charge on any atom is -0.444 e. The zero-order valence-corrected chi connectivity index (χ0v) is 29.9. The highest BCUT2D eigenvalue weighted by molar-refractivity contribution is 5.67. The first-order chi connectivity index (χ1) is 24.3. The van der Waals surface area contributed by atoms with Gasteiger partial charge in [0.15, 0.2) is 0 Å². The van der Waals surface area contributed by atoms with Crippen molar-refractivity contribution in [1.82, 2.24) is 20.0 Å². The quantitative estimate of drug-likeness (QED) is 0.181. The van der Waals surface area contributed by atoms with Crippen LogP contribution in [0.2, 0.25) is 0 Å². The first-order valence-electron chi connectivity index (χ1n) is 18.0. The molecular weight excluding hydrogens is 632 g/mol. The van der Waals surface area contributed by atoms with Crippen LogP contribution in [0.4, 0.5) is 4.79 Å². The van der Waals surface area contributed by atoms with E-state index in [-0.39, 0.29) is 23.7 Å². The topological polar surface area (TPSA) is 85.0 Å². The van der Waals surface area contributed by atoms with E-state index in [1.54, 1.807) is 0 Å². The highest BCUT2D eigenvalue weighted by Gasteiger charge is 2.57. The molecule has 4 bridgehead atoms. The van der Waals surface area contributed by atoms with Gasteiger partial charge in [-0.3, -0.25) is 14.7 Å². The molecule has 7 atom stereocenters. The van der Waals surface area contributed by atoms with E-state index >= 15 is 0 Å². The standard InChI is InChI=1S/C40H54N4O6/c1-39(2,3)50-38(45)41-19-20-46-21-22-47-23-24-48-25-26-49-30-40-27-42-31-43(28-40)37(34-17-11-6-12-18-34)44(29-40)36(33-15-9-5-10-16-33)35(42)32-13-7-4-8-14-32/h4-18,35-37H,19-31H2,1-3H3,(H,41,45). The minimum atomic E-state index is -0.512. The van der Waals surface area contributed by atoms with Crippen LogP contribution < -0.4 is 5.32 Å². The second-order valence-corrected chi connectivity index (χ2v) is 14.6. The highest BCUT2D eigenvalue weighted by atomic mass is 16.6. The lowest BCUT2D eigenvalue weighted by molar-refractivity contribution is -0.141. The highest BCUT2D eigenvalue weighted by Crippen LogP contribution is 2.54. The van der Waals surface area contributed by atoms with Crippen LogP contribution in [0.25, 0.3) is 0 Å². The molecule has 4 fully saturated rings. The zero-order valence-electron chi connectivity index (χ0n) is 29.9. The maximum absolute atomic E-state index is 11.7. The Morgan fingerprint density at radius 1 is 0.660 bits per heavy atom. The summed E-state index contributed by atoms with van der Waals surface area (Å²) in [5.41, 5.74) is 3.52. The Hall–Kier alpha value is -3.35. The monoisotopic (exact) mass is 686 g/mol. The second-order valence-electron chi connectivity index (χ2n) is 14.6. The number of nitrogens with zero attached hydrogens (tertiary/aromatic N) is 3. The number of hydrogen-bond donors (Lipinski definition) is 1. The number of carbonyl (C=O) groups excluding carboxylic acids is 1. The molecule has 0 aromatic heterocycles. The normalized spacial score (nSPS) is 27.2. The van der Waals surface area contributed by atoms with Crippen LogP contribution in [-0.2, 0) is 23.7 Å². The summed E-state index contributed by atoms with van der Waals surface area (Å²) in [5.74, 6) is 0. The molecule has 3 aromatic carbocycles. The van der Waals surface area contributed by atoms with E-state index in [1.807, 2.05) is 20.8 Å². The van der Waals surface area contributed by atoms with Crippen molar-refractivity contribution in [3.63, 3.8) is 0 Å². The molecule has 1 amide bonds. The van der Waals surface area contributed by atoms with E-state index in [9.17, 15) is 4.79 Å². The third-order valence-corrected chi connectivity index (χ3v) is 9.49. The predicted molar refractivity (Wildman–Crippen MR) is 192 cm³/mol. The molecule has 270 valence electrons. The van der Waals surface area contributed by atoms with Crippen LogP contribution in [0.15, 0.2) is 91.0 Å². The molecule has 0 saturated carbocycles. The zero-order chi connectivity index (χ0) is 34.8. The van der Waals surface area contributed by atoms with Gasteiger partial charge >= 0.3 is 6.09 Å². The number of ether oxygens (including phenoxy) is 5. The Morgan fingerprint density at radius 3 is 1.74 bits per heavy atom. The van der Waals surface area contributed by atoms with E-state index in [0.29, 0.717) is 59.4 Å². The molecule has 7 unspecified atom stereocenters. The van der Waals surface area contributed by atoms with Gasteiger partial charge in [-0.2, -0.15) is 0 Å². The van der Waals surface area contributed by atoms with Gasteiger partial charge in [0.05, 0.1) is 77.8 Å². The van der Waals surface area contributed by atoms with Crippen molar-refractivity contribution in [3.8, 4) is 0 Å². The number of amides is 1. The van der Waals surface area contributed by atoms with Crippen LogP contribution in [0.3, 0.4) is 0 Å². The fourth-order valence-electron chi connectivity index (χ4n) is 7.73. The Morgan fingerprint density at radius 2 is 1.16 bits per heavy atom. The Bertz CT molecular complexity index is 1460. The summed E-state index contributed by atoms with van der Waals surface area (Å²) in [5, 5.41) is 2.67. The van der Waals surface area contributed by atoms with Gasteiger partial charge < -0.3 is 29.0 Å². The molecule has 50 heavy (non-hydrogen) atoms.